The van der Waals surface area contributed by atoms with Gasteiger partial charge in [0.1, 0.15) is 0 Å². The fraction of sp³-hybridized carbons (Fsp3) is 0.688. The van der Waals surface area contributed by atoms with Crippen LogP contribution in [0.2, 0.25) is 0 Å². The lowest BCUT2D eigenvalue weighted by atomic mass is 10.2. The van der Waals surface area contributed by atoms with Gasteiger partial charge in [0.15, 0.2) is 0 Å². The second-order valence-electron chi connectivity index (χ2n) is 5.10. The van der Waals surface area contributed by atoms with E-state index < -0.39 is 6.10 Å². The number of aliphatic hydroxyl groups is 1. The molecule has 2 N–H and O–H groups in total. The Morgan fingerprint density at radius 3 is 2.80 bits per heavy atom. The predicted octanol–water partition coefficient (Wildman–Crippen LogP) is 2.17. The minimum Gasteiger partial charge on any atom is -0.389 e. The summed E-state index contributed by atoms with van der Waals surface area (Å²) in [7, 11) is 0. The van der Waals surface area contributed by atoms with Crippen LogP contribution in [0.5, 0.6) is 0 Å². The number of pyridine rings is 1. The number of aliphatic hydroxyl groups excluding tert-OH is 1. The number of rotatable bonds is 12. The highest BCUT2D eigenvalue weighted by Crippen LogP contribution is 1.99. The highest BCUT2D eigenvalue weighted by atomic mass is 16.5. The summed E-state index contributed by atoms with van der Waals surface area (Å²) >= 11 is 0. The van der Waals surface area contributed by atoms with E-state index in [0.29, 0.717) is 13.2 Å². The molecule has 0 aliphatic heterocycles. The van der Waals surface area contributed by atoms with Crippen LogP contribution < -0.4 is 5.32 Å². The molecule has 0 aliphatic rings. The van der Waals surface area contributed by atoms with Crippen molar-refractivity contribution in [3.8, 4) is 0 Å². The van der Waals surface area contributed by atoms with Crippen LogP contribution in [0.4, 0.5) is 0 Å². The van der Waals surface area contributed by atoms with Crippen LogP contribution in [0.15, 0.2) is 24.5 Å². The molecule has 20 heavy (non-hydrogen) atoms. The van der Waals surface area contributed by atoms with Gasteiger partial charge in [0.2, 0.25) is 0 Å². The molecule has 4 nitrogen and oxygen atoms in total. The molecule has 4 heteroatoms. The zero-order chi connectivity index (χ0) is 14.5. The molecular weight excluding hydrogens is 252 g/mol. The number of hydrogen-bond donors (Lipinski definition) is 2. The van der Waals surface area contributed by atoms with E-state index in [1.54, 1.807) is 12.4 Å². The fourth-order valence-electron chi connectivity index (χ4n) is 1.96. The van der Waals surface area contributed by atoms with Gasteiger partial charge in [-0.2, -0.15) is 0 Å². The summed E-state index contributed by atoms with van der Waals surface area (Å²) in [6.45, 7) is 4.82. The topological polar surface area (TPSA) is 54.4 Å². The maximum atomic E-state index is 9.75. The van der Waals surface area contributed by atoms with E-state index in [4.69, 9.17) is 4.74 Å². The Kier molecular flexibility index (Phi) is 10.1. The van der Waals surface area contributed by atoms with Gasteiger partial charge < -0.3 is 15.2 Å². The molecule has 0 radical (unpaired) electrons. The summed E-state index contributed by atoms with van der Waals surface area (Å²) in [5, 5.41) is 13.0. The largest absolute Gasteiger partial charge is 0.389 e. The number of aromatic nitrogens is 1. The third-order valence-electron chi connectivity index (χ3n) is 3.17. The van der Waals surface area contributed by atoms with Gasteiger partial charge in [0.25, 0.3) is 0 Å². The van der Waals surface area contributed by atoms with E-state index in [0.717, 1.165) is 26.0 Å². The normalized spacial score (nSPS) is 12.5. The Bertz CT molecular complexity index is 320. The monoisotopic (exact) mass is 280 g/mol. The Labute approximate surface area is 122 Å². The van der Waals surface area contributed by atoms with Crippen LogP contribution in [0.1, 0.15) is 38.2 Å². The number of ether oxygens (including phenoxy) is 1. The SMILES string of the molecule is CCCCCCOCC(O)CNCCc1ccncc1. The maximum Gasteiger partial charge on any atom is 0.0897 e. The molecule has 1 atom stereocenters. The van der Waals surface area contributed by atoms with Crippen molar-refractivity contribution in [2.24, 2.45) is 0 Å². The van der Waals surface area contributed by atoms with Gasteiger partial charge in [-0.05, 0) is 37.1 Å². The lowest BCUT2D eigenvalue weighted by Crippen LogP contribution is -2.31. The average molecular weight is 280 g/mol. The summed E-state index contributed by atoms with van der Waals surface area (Å²) < 4.78 is 5.46. The molecule has 0 fully saturated rings. The second-order valence-corrected chi connectivity index (χ2v) is 5.10. The Balaban J connectivity index is 1.91. The van der Waals surface area contributed by atoms with Crippen LogP contribution in [-0.2, 0) is 11.2 Å². The average Bonchev–Trinajstić information content (AvgIpc) is 2.48. The van der Waals surface area contributed by atoms with Gasteiger partial charge in [-0.3, -0.25) is 4.98 Å². The first-order valence-electron chi connectivity index (χ1n) is 7.68. The van der Waals surface area contributed by atoms with Crippen LogP contribution >= 0.6 is 0 Å². The van der Waals surface area contributed by atoms with Crippen LogP contribution in [0.25, 0.3) is 0 Å². The summed E-state index contributed by atoms with van der Waals surface area (Å²) in [5.41, 5.74) is 1.26. The van der Waals surface area contributed by atoms with Crippen molar-refractivity contribution in [3.05, 3.63) is 30.1 Å². The summed E-state index contributed by atoms with van der Waals surface area (Å²) in [6.07, 6.45) is 8.96. The van der Waals surface area contributed by atoms with Crippen molar-refractivity contribution in [1.82, 2.24) is 10.3 Å². The molecule has 1 unspecified atom stereocenters. The van der Waals surface area contributed by atoms with Gasteiger partial charge >= 0.3 is 0 Å². The van der Waals surface area contributed by atoms with Crippen LogP contribution in [-0.4, -0.2) is 42.5 Å². The Morgan fingerprint density at radius 1 is 1.25 bits per heavy atom. The van der Waals surface area contributed by atoms with E-state index in [1.165, 1.54) is 24.8 Å². The van der Waals surface area contributed by atoms with Crippen molar-refractivity contribution >= 4 is 0 Å². The minimum atomic E-state index is -0.418. The van der Waals surface area contributed by atoms with Crippen molar-refractivity contribution in [3.63, 3.8) is 0 Å². The Morgan fingerprint density at radius 2 is 2.05 bits per heavy atom. The van der Waals surface area contributed by atoms with E-state index in [2.05, 4.69) is 17.2 Å². The smallest absolute Gasteiger partial charge is 0.0897 e. The third-order valence-corrected chi connectivity index (χ3v) is 3.17. The molecule has 0 bridgehead atoms. The van der Waals surface area contributed by atoms with E-state index in [-0.39, 0.29) is 0 Å². The van der Waals surface area contributed by atoms with Crippen LogP contribution in [0, 0.1) is 0 Å². The standard InChI is InChI=1S/C16H28N2O2/c1-2-3-4-5-12-20-14-16(19)13-18-11-8-15-6-9-17-10-7-15/h6-7,9-10,16,18-19H,2-5,8,11-14H2,1H3. The molecule has 0 aliphatic carbocycles. The number of nitrogens with zero attached hydrogens (tertiary/aromatic N) is 1. The quantitative estimate of drug-likeness (QED) is 0.576. The molecular formula is C16H28N2O2. The molecule has 0 saturated carbocycles. The van der Waals surface area contributed by atoms with Crippen molar-refractivity contribution < 1.29 is 9.84 Å². The molecule has 0 aromatic carbocycles. The molecule has 0 amide bonds. The van der Waals surface area contributed by atoms with Gasteiger partial charge in [-0.15, -0.1) is 0 Å². The third kappa shape index (κ3) is 9.02. The van der Waals surface area contributed by atoms with Gasteiger partial charge in [0.05, 0.1) is 12.7 Å². The summed E-state index contributed by atoms with van der Waals surface area (Å²) in [6, 6.07) is 4.02. The first-order chi connectivity index (χ1) is 9.83. The Hall–Kier alpha value is -0.970. The van der Waals surface area contributed by atoms with Crippen molar-refractivity contribution in [2.75, 3.05) is 26.3 Å². The minimum absolute atomic E-state index is 0.418. The van der Waals surface area contributed by atoms with Crippen molar-refractivity contribution in [1.29, 1.82) is 0 Å². The second kappa shape index (κ2) is 11.8. The number of nitrogens with one attached hydrogen (secondary N) is 1. The molecule has 1 rings (SSSR count). The first kappa shape index (κ1) is 17.1. The van der Waals surface area contributed by atoms with Crippen molar-refractivity contribution in [2.45, 2.75) is 45.1 Å². The number of unbranched alkanes of at least 4 members (excludes halogenated alkanes) is 3. The molecule has 1 aromatic rings. The van der Waals surface area contributed by atoms with Gasteiger partial charge in [-0.1, -0.05) is 26.2 Å². The predicted molar refractivity (Wildman–Crippen MR) is 81.8 cm³/mol. The fourth-order valence-corrected chi connectivity index (χ4v) is 1.96. The molecule has 0 saturated heterocycles. The first-order valence-corrected chi connectivity index (χ1v) is 7.68. The molecule has 1 heterocycles. The lowest BCUT2D eigenvalue weighted by Gasteiger charge is -2.12. The molecule has 1 aromatic heterocycles. The zero-order valence-corrected chi connectivity index (χ0v) is 12.6. The summed E-state index contributed by atoms with van der Waals surface area (Å²) in [4.78, 5) is 3.99. The van der Waals surface area contributed by atoms with E-state index in [9.17, 15) is 5.11 Å². The summed E-state index contributed by atoms with van der Waals surface area (Å²) in [5.74, 6) is 0. The van der Waals surface area contributed by atoms with Gasteiger partial charge in [-0.25, -0.2) is 0 Å². The van der Waals surface area contributed by atoms with E-state index >= 15 is 0 Å². The number of hydrogen-bond acceptors (Lipinski definition) is 4. The highest BCUT2D eigenvalue weighted by Gasteiger charge is 2.03. The maximum absolute atomic E-state index is 9.75. The molecule has 0 spiro atoms. The highest BCUT2D eigenvalue weighted by molar-refractivity contribution is 5.09. The van der Waals surface area contributed by atoms with Gasteiger partial charge in [0, 0.05) is 25.5 Å². The van der Waals surface area contributed by atoms with Crippen LogP contribution in [0.3, 0.4) is 0 Å². The zero-order valence-electron chi connectivity index (χ0n) is 12.6. The van der Waals surface area contributed by atoms with E-state index in [1.807, 2.05) is 12.1 Å². The lowest BCUT2D eigenvalue weighted by molar-refractivity contribution is 0.0356. The molecule has 114 valence electrons.